The molecule has 3 aromatic heterocycles. The molecule has 0 aliphatic carbocycles. The monoisotopic (exact) mass is 405 g/mol. The molecule has 6 heteroatoms. The molecular formula is C10H6BrIN3P. The van der Waals surface area contributed by atoms with Crippen molar-refractivity contribution >= 4 is 69.8 Å². The average Bonchev–Trinajstić information content (AvgIpc) is 2.52. The first-order valence-electron chi connectivity index (χ1n) is 4.53. The van der Waals surface area contributed by atoms with Crippen molar-refractivity contribution in [2.45, 2.75) is 0 Å². The molecule has 0 N–H and O–H groups in total. The van der Waals surface area contributed by atoms with Gasteiger partial charge in [-0.05, 0) is 60.0 Å². The van der Waals surface area contributed by atoms with Crippen molar-refractivity contribution in [1.82, 2.24) is 14.3 Å². The third-order valence-corrected chi connectivity index (χ3v) is 4.01. The number of rotatable bonds is 0. The second kappa shape index (κ2) is 3.89. The van der Waals surface area contributed by atoms with Gasteiger partial charge in [0.1, 0.15) is 10.3 Å². The van der Waals surface area contributed by atoms with E-state index < -0.39 is 0 Å². The van der Waals surface area contributed by atoms with Gasteiger partial charge in [0.2, 0.25) is 0 Å². The summed E-state index contributed by atoms with van der Waals surface area (Å²) in [6.45, 7) is 0. The van der Waals surface area contributed by atoms with E-state index >= 15 is 0 Å². The molecular weight excluding hydrogens is 400 g/mol. The molecule has 80 valence electrons. The molecule has 3 heterocycles. The Morgan fingerprint density at radius 1 is 1.19 bits per heavy atom. The molecule has 0 saturated carbocycles. The Hall–Kier alpha value is -0.260. The van der Waals surface area contributed by atoms with Crippen LogP contribution in [0.3, 0.4) is 0 Å². The Morgan fingerprint density at radius 2 is 2.00 bits per heavy atom. The molecule has 16 heavy (non-hydrogen) atoms. The lowest BCUT2D eigenvalue weighted by Gasteiger charge is -1.95. The number of nitrogens with zero attached hydrogens (tertiary/aromatic N) is 3. The zero-order valence-electron chi connectivity index (χ0n) is 7.98. The molecule has 0 radical (unpaired) electrons. The fourth-order valence-electron chi connectivity index (χ4n) is 1.77. The summed E-state index contributed by atoms with van der Waals surface area (Å²) in [4.78, 5) is 8.68. The fraction of sp³-hybridized carbons (Fsp3) is 0. The van der Waals surface area contributed by atoms with Gasteiger partial charge in [0, 0.05) is 20.5 Å². The summed E-state index contributed by atoms with van der Waals surface area (Å²) >= 11 is 5.67. The molecule has 0 saturated heterocycles. The Morgan fingerprint density at radius 3 is 2.81 bits per heavy atom. The van der Waals surface area contributed by atoms with Gasteiger partial charge in [-0.15, -0.1) is 0 Å². The molecule has 0 bridgehead atoms. The number of fused-ring (bicyclic) bond motifs is 3. The quantitative estimate of drug-likeness (QED) is 0.325. The highest BCUT2D eigenvalue weighted by Crippen LogP contribution is 2.31. The van der Waals surface area contributed by atoms with Crippen molar-refractivity contribution < 1.29 is 0 Å². The van der Waals surface area contributed by atoms with Crippen molar-refractivity contribution in [3.63, 3.8) is 0 Å². The molecule has 0 aliphatic rings. The summed E-state index contributed by atoms with van der Waals surface area (Å²) in [5.74, 6) is 0. The fourth-order valence-corrected chi connectivity index (χ4v) is 2.96. The van der Waals surface area contributed by atoms with Gasteiger partial charge < -0.3 is 4.34 Å². The van der Waals surface area contributed by atoms with Crippen LogP contribution in [0.4, 0.5) is 0 Å². The number of aromatic nitrogens is 3. The summed E-state index contributed by atoms with van der Waals surface area (Å²) < 4.78 is 3.96. The Labute approximate surface area is 116 Å². The molecule has 1 unspecified atom stereocenters. The van der Waals surface area contributed by atoms with E-state index in [-0.39, 0.29) is 0 Å². The second-order valence-corrected chi connectivity index (χ2v) is 5.99. The standard InChI is InChI=1S/C10H6BrIN3P/c11-9-2-6-7-1-5(12)3-14-10(7)15(16)8(6)4-13-9/h1-4H,16H2. The summed E-state index contributed by atoms with van der Waals surface area (Å²) in [6, 6.07) is 4.16. The first-order chi connectivity index (χ1) is 7.66. The summed E-state index contributed by atoms with van der Waals surface area (Å²) in [7, 11) is 2.67. The molecule has 3 nitrogen and oxygen atoms in total. The minimum absolute atomic E-state index is 0.844. The third-order valence-electron chi connectivity index (χ3n) is 2.46. The van der Waals surface area contributed by atoms with Crippen LogP contribution < -0.4 is 0 Å². The average molecular weight is 406 g/mol. The summed E-state index contributed by atoms with van der Waals surface area (Å²) in [6.07, 6.45) is 3.71. The number of halogens is 2. The van der Waals surface area contributed by atoms with Crippen molar-refractivity contribution in [3.05, 3.63) is 32.7 Å². The van der Waals surface area contributed by atoms with Gasteiger partial charge in [0.05, 0.1) is 11.7 Å². The molecule has 0 fully saturated rings. The third kappa shape index (κ3) is 1.57. The van der Waals surface area contributed by atoms with Crippen LogP contribution in [0.1, 0.15) is 0 Å². The van der Waals surface area contributed by atoms with Gasteiger partial charge in [0.25, 0.3) is 0 Å². The molecule has 0 aliphatic heterocycles. The van der Waals surface area contributed by atoms with E-state index in [1.807, 2.05) is 22.8 Å². The molecule has 1 atom stereocenters. The number of pyridine rings is 2. The first-order valence-corrected chi connectivity index (χ1v) is 6.92. The second-order valence-electron chi connectivity index (χ2n) is 3.42. The number of hydrogen-bond acceptors (Lipinski definition) is 2. The van der Waals surface area contributed by atoms with Gasteiger partial charge in [-0.25, -0.2) is 9.97 Å². The maximum absolute atomic E-state index is 4.44. The lowest BCUT2D eigenvalue weighted by molar-refractivity contribution is 1.25. The van der Waals surface area contributed by atoms with Gasteiger partial charge in [-0.1, -0.05) is 0 Å². The maximum atomic E-state index is 4.44. The highest BCUT2D eigenvalue weighted by Gasteiger charge is 2.10. The van der Waals surface area contributed by atoms with E-state index in [1.54, 1.807) is 0 Å². The van der Waals surface area contributed by atoms with Crippen molar-refractivity contribution in [2.75, 3.05) is 0 Å². The van der Waals surface area contributed by atoms with E-state index in [0.29, 0.717) is 0 Å². The van der Waals surface area contributed by atoms with Crippen LogP contribution >= 0.6 is 47.9 Å². The SMILES string of the molecule is Pn1c2cnc(Br)cc2c2cc(I)cnc21. The molecule has 3 aromatic rings. The van der Waals surface area contributed by atoms with E-state index in [2.05, 4.69) is 63.9 Å². The van der Waals surface area contributed by atoms with E-state index in [4.69, 9.17) is 0 Å². The molecule has 0 aromatic carbocycles. The zero-order chi connectivity index (χ0) is 11.3. The predicted octanol–water partition coefficient (Wildman–Crippen LogP) is 3.59. The van der Waals surface area contributed by atoms with Crippen molar-refractivity contribution in [3.8, 4) is 0 Å². The largest absolute Gasteiger partial charge is 0.308 e. The minimum Gasteiger partial charge on any atom is -0.308 e. The van der Waals surface area contributed by atoms with Crippen LogP contribution in [-0.2, 0) is 0 Å². The summed E-state index contributed by atoms with van der Waals surface area (Å²) in [5, 5.41) is 2.32. The van der Waals surface area contributed by atoms with Crippen LogP contribution in [0.2, 0.25) is 0 Å². The van der Waals surface area contributed by atoms with E-state index in [9.17, 15) is 0 Å². The zero-order valence-corrected chi connectivity index (χ0v) is 12.9. The Kier molecular flexibility index (Phi) is 2.64. The smallest absolute Gasteiger partial charge is 0.143 e. The Balaban J connectivity index is 2.60. The molecule has 3 rings (SSSR count). The van der Waals surface area contributed by atoms with Gasteiger partial charge in [-0.2, -0.15) is 0 Å². The predicted molar refractivity (Wildman–Crippen MR) is 80.6 cm³/mol. The lowest BCUT2D eigenvalue weighted by atomic mass is 10.2. The van der Waals surface area contributed by atoms with Gasteiger partial charge in [-0.3, -0.25) is 0 Å². The highest BCUT2D eigenvalue weighted by molar-refractivity contribution is 14.1. The molecule has 0 amide bonds. The van der Waals surface area contributed by atoms with Crippen LogP contribution in [-0.4, -0.2) is 14.3 Å². The van der Waals surface area contributed by atoms with Crippen LogP contribution in [0.25, 0.3) is 21.9 Å². The lowest BCUT2D eigenvalue weighted by Crippen LogP contribution is -1.83. The van der Waals surface area contributed by atoms with Crippen molar-refractivity contribution in [2.24, 2.45) is 0 Å². The normalized spacial score (nSPS) is 11.4. The first kappa shape index (κ1) is 10.9. The van der Waals surface area contributed by atoms with E-state index in [1.165, 1.54) is 0 Å². The topological polar surface area (TPSA) is 30.7 Å². The van der Waals surface area contributed by atoms with Crippen molar-refractivity contribution in [1.29, 1.82) is 0 Å². The highest BCUT2D eigenvalue weighted by atomic mass is 127. The maximum Gasteiger partial charge on any atom is 0.143 e. The van der Waals surface area contributed by atoms with Crippen LogP contribution in [0.5, 0.6) is 0 Å². The van der Waals surface area contributed by atoms with Crippen LogP contribution in [0, 0.1) is 3.57 Å². The van der Waals surface area contributed by atoms with Gasteiger partial charge >= 0.3 is 0 Å². The molecule has 0 spiro atoms. The minimum atomic E-state index is 0.844. The van der Waals surface area contributed by atoms with Crippen LogP contribution in [0.15, 0.2) is 29.1 Å². The van der Waals surface area contributed by atoms with Gasteiger partial charge in [0.15, 0.2) is 0 Å². The summed E-state index contributed by atoms with van der Waals surface area (Å²) in [5.41, 5.74) is 2.03. The Bertz CT molecular complexity index is 651. The number of hydrogen-bond donors (Lipinski definition) is 0. The van der Waals surface area contributed by atoms with E-state index in [0.717, 1.165) is 30.1 Å².